The van der Waals surface area contributed by atoms with E-state index in [-0.39, 0.29) is 0 Å². The van der Waals surface area contributed by atoms with Gasteiger partial charge in [-0.25, -0.2) is 0 Å². The van der Waals surface area contributed by atoms with Crippen molar-refractivity contribution in [1.82, 2.24) is 4.57 Å². The Kier molecular flexibility index (Phi) is 18.3. The van der Waals surface area contributed by atoms with Crippen LogP contribution in [0.3, 0.4) is 0 Å². The summed E-state index contributed by atoms with van der Waals surface area (Å²) in [6, 6.07) is 10.6. The van der Waals surface area contributed by atoms with Crippen molar-refractivity contribution in [3.63, 3.8) is 0 Å². The van der Waals surface area contributed by atoms with Crippen LogP contribution < -0.4 is 5.79 Å². The van der Waals surface area contributed by atoms with Crippen molar-refractivity contribution in [1.29, 1.82) is 0 Å². The molecule has 270 valence electrons. The second-order valence-corrected chi connectivity index (χ2v) is 46.8. The zero-order valence-corrected chi connectivity index (χ0v) is 40.4. The first-order valence-corrected chi connectivity index (χ1v) is 38.0. The van der Waals surface area contributed by atoms with Crippen molar-refractivity contribution in [2.24, 2.45) is 0 Å². The molecule has 0 saturated carbocycles. The molecule has 0 aliphatic carbocycles. The van der Waals surface area contributed by atoms with Gasteiger partial charge in [0.1, 0.15) is 0 Å². The van der Waals surface area contributed by atoms with Gasteiger partial charge in [0, 0.05) is 0 Å². The standard InChI is InChI=1S/C18H17NS3.6C4H9.2Sn/c1-2-3-4-5-6-13-7-8-16(22-13)19-14-9-11-20-17(14)18-15(19)10-12-21-18;6*1-3-4-2;;/h7-10H,2-6H2,1H3;6*1,3-4H2,2H3;;. The predicted molar refractivity (Wildman–Crippen MR) is 231 cm³/mol. The summed E-state index contributed by atoms with van der Waals surface area (Å²) in [5.74, 6) is 0. The summed E-state index contributed by atoms with van der Waals surface area (Å²) in [7, 11) is 0. The van der Waals surface area contributed by atoms with Crippen LogP contribution in [-0.2, 0) is 6.42 Å². The molecule has 0 bridgehead atoms. The van der Waals surface area contributed by atoms with E-state index in [0.29, 0.717) is 0 Å². The van der Waals surface area contributed by atoms with E-state index in [1.165, 1.54) is 114 Å². The fraction of sp³-hybridized carbons (Fsp3) is 0.714. The first kappa shape index (κ1) is 41.3. The molecular weight excluding hydrogens is 852 g/mol. The average molecular weight is 924 g/mol. The molecule has 0 aliphatic rings. The van der Waals surface area contributed by atoms with Crippen LogP contribution in [0.25, 0.3) is 25.4 Å². The molecule has 0 aliphatic heterocycles. The number of thiophene rings is 3. The fourth-order valence-electron chi connectivity index (χ4n) is 8.24. The van der Waals surface area contributed by atoms with Crippen LogP contribution in [-0.4, -0.2) is 41.3 Å². The van der Waals surface area contributed by atoms with Gasteiger partial charge in [0.25, 0.3) is 0 Å². The quantitative estimate of drug-likeness (QED) is 0.0437. The summed E-state index contributed by atoms with van der Waals surface area (Å²) in [5.41, 5.74) is 3.15. The Morgan fingerprint density at radius 3 is 1.23 bits per heavy atom. The monoisotopic (exact) mass is 925 g/mol. The van der Waals surface area contributed by atoms with E-state index in [1.54, 1.807) is 51.9 Å². The molecule has 0 spiro atoms. The predicted octanol–water partition coefficient (Wildman–Crippen LogP) is 15.2. The second kappa shape index (κ2) is 21.3. The van der Waals surface area contributed by atoms with Gasteiger partial charge in [-0.05, 0) is 0 Å². The number of fused-ring (bicyclic) bond motifs is 3. The zero-order chi connectivity index (χ0) is 34.4. The SMILES string of the molecule is CCCCCCc1ccc(-n2c3c[c]([Sn]([CH2]CCC)([CH2]CCC)[CH2]CCC)sc3c3s[c]([Sn]([CH2]CCC)([CH2]CCC)[CH2]CCC)cc32)s1. The van der Waals surface area contributed by atoms with E-state index in [0.717, 1.165) is 0 Å². The molecule has 4 aromatic heterocycles. The van der Waals surface area contributed by atoms with Gasteiger partial charge in [-0.3, -0.25) is 0 Å². The minimum absolute atomic E-state index is 1.25. The van der Waals surface area contributed by atoms with Crippen LogP contribution in [0.4, 0.5) is 0 Å². The number of hydrogen-bond donors (Lipinski definition) is 0. The normalized spacial score (nSPS) is 12.7. The summed E-state index contributed by atoms with van der Waals surface area (Å²) >= 11 is 1.64. The van der Waals surface area contributed by atoms with Gasteiger partial charge in [0.15, 0.2) is 0 Å². The summed E-state index contributed by atoms with van der Waals surface area (Å²) in [4.78, 5) is 1.59. The number of nitrogens with zero attached hydrogens (tertiary/aromatic N) is 1. The van der Waals surface area contributed by atoms with E-state index in [4.69, 9.17) is 0 Å². The first-order valence-electron chi connectivity index (χ1n) is 20.6. The van der Waals surface area contributed by atoms with Crippen LogP contribution in [0.2, 0.25) is 26.6 Å². The molecule has 0 amide bonds. The van der Waals surface area contributed by atoms with Crippen molar-refractivity contribution >= 4 is 97.0 Å². The minimum atomic E-state index is -2.55. The molecule has 1 nitrogen and oxygen atoms in total. The molecule has 0 fully saturated rings. The van der Waals surface area contributed by atoms with Gasteiger partial charge in [0.05, 0.1) is 0 Å². The molecule has 0 aromatic carbocycles. The van der Waals surface area contributed by atoms with E-state index >= 15 is 0 Å². The van der Waals surface area contributed by atoms with Crippen molar-refractivity contribution < 1.29 is 0 Å². The topological polar surface area (TPSA) is 4.93 Å². The third-order valence-electron chi connectivity index (χ3n) is 11.4. The van der Waals surface area contributed by atoms with Gasteiger partial charge < -0.3 is 0 Å². The van der Waals surface area contributed by atoms with E-state index in [1.807, 2.05) is 5.79 Å². The van der Waals surface area contributed by atoms with E-state index < -0.39 is 36.8 Å². The Bertz CT molecular complexity index is 1350. The molecule has 4 aromatic rings. The summed E-state index contributed by atoms with van der Waals surface area (Å²) in [6.07, 6.45) is 23.4. The van der Waals surface area contributed by atoms with Crippen molar-refractivity contribution in [2.45, 2.75) is 184 Å². The van der Waals surface area contributed by atoms with Crippen LogP contribution in [0.15, 0.2) is 24.3 Å². The molecule has 0 unspecified atom stereocenters. The van der Waals surface area contributed by atoms with Gasteiger partial charge in [-0.2, -0.15) is 0 Å². The maximum absolute atomic E-state index is 2.81. The maximum atomic E-state index is 2.81. The first-order chi connectivity index (χ1) is 23.5. The number of unbranched alkanes of at least 4 members (excludes halogenated alkanes) is 9. The Labute approximate surface area is 316 Å². The molecule has 4 rings (SSSR count). The van der Waals surface area contributed by atoms with E-state index in [9.17, 15) is 0 Å². The number of hydrogen-bond acceptors (Lipinski definition) is 3. The average Bonchev–Trinajstić information content (AvgIpc) is 3.90. The van der Waals surface area contributed by atoms with Gasteiger partial charge in [-0.1, -0.05) is 6.92 Å². The van der Waals surface area contributed by atoms with Crippen molar-refractivity contribution in [3.8, 4) is 5.00 Å². The summed E-state index contributed by atoms with van der Waals surface area (Å²) in [6.45, 7) is 16.9. The summed E-state index contributed by atoms with van der Waals surface area (Å²) in [5, 5.41) is 1.49. The number of aromatic nitrogens is 1. The Balaban J connectivity index is 1.93. The van der Waals surface area contributed by atoms with E-state index in [2.05, 4.69) is 111 Å². The van der Waals surface area contributed by atoms with Gasteiger partial charge >= 0.3 is 313 Å². The third-order valence-corrected chi connectivity index (χ3v) is 51.3. The van der Waals surface area contributed by atoms with Crippen molar-refractivity contribution in [2.75, 3.05) is 0 Å². The molecular formula is C42H71NS3Sn2. The molecule has 48 heavy (non-hydrogen) atoms. The number of rotatable bonds is 26. The number of aryl methyl sites for hydroxylation is 1. The Morgan fingerprint density at radius 1 is 0.458 bits per heavy atom. The van der Waals surface area contributed by atoms with Crippen LogP contribution >= 0.6 is 34.0 Å². The van der Waals surface area contributed by atoms with Gasteiger partial charge in [0.2, 0.25) is 0 Å². The Morgan fingerprint density at radius 2 is 0.854 bits per heavy atom. The molecule has 0 atom stereocenters. The second-order valence-electron chi connectivity index (χ2n) is 15.2. The van der Waals surface area contributed by atoms with Crippen LogP contribution in [0, 0.1) is 0 Å². The molecule has 0 saturated heterocycles. The van der Waals surface area contributed by atoms with Crippen LogP contribution in [0.1, 0.15) is 156 Å². The van der Waals surface area contributed by atoms with Crippen molar-refractivity contribution in [3.05, 3.63) is 29.1 Å². The fourth-order valence-corrected chi connectivity index (χ4v) is 49.9. The molecule has 0 N–H and O–H groups in total. The molecule has 4 heterocycles. The van der Waals surface area contributed by atoms with Gasteiger partial charge in [-0.15, -0.1) is 0 Å². The summed E-state index contributed by atoms with van der Waals surface area (Å²) < 4.78 is 19.4. The molecule has 0 radical (unpaired) electrons. The zero-order valence-electron chi connectivity index (χ0n) is 32.2. The Hall–Kier alpha value is 0.497. The van der Waals surface area contributed by atoms with Crippen LogP contribution in [0.5, 0.6) is 0 Å². The third kappa shape index (κ3) is 10.1. The molecule has 6 heteroatoms.